The Labute approximate surface area is 171 Å². The largest absolute Gasteiger partial charge is 0.319 e. The summed E-state index contributed by atoms with van der Waals surface area (Å²) < 4.78 is 3.60. The average molecular weight is 491 g/mol. The Morgan fingerprint density at radius 3 is 2.77 bits per heavy atom. The number of carbonyl (C=O) groups excluding carboxylic acids is 1. The Bertz CT molecular complexity index is 1080. The first kappa shape index (κ1) is 17.5. The van der Waals surface area contributed by atoms with E-state index in [1.54, 1.807) is 12.3 Å². The van der Waals surface area contributed by atoms with Crippen molar-refractivity contribution in [2.24, 2.45) is 0 Å². The van der Waals surface area contributed by atoms with Gasteiger partial charge in [-0.25, -0.2) is 0 Å². The maximum atomic E-state index is 12.3. The summed E-state index contributed by atoms with van der Waals surface area (Å²) in [7, 11) is 0. The number of fused-ring (bicyclic) bond motifs is 1. The molecule has 1 N–H and O–H groups in total. The second-order valence-corrected chi connectivity index (χ2v) is 8.98. The van der Waals surface area contributed by atoms with Crippen LogP contribution in [0, 0.1) is 0 Å². The van der Waals surface area contributed by atoms with Crippen LogP contribution in [0.4, 0.5) is 5.69 Å². The molecule has 26 heavy (non-hydrogen) atoms. The minimum Gasteiger partial charge on any atom is -0.319 e. The van der Waals surface area contributed by atoms with E-state index in [1.165, 1.54) is 27.7 Å². The lowest BCUT2D eigenvalue weighted by molar-refractivity contribution is 0.103. The van der Waals surface area contributed by atoms with Gasteiger partial charge in [-0.3, -0.25) is 9.48 Å². The number of anilines is 1. The number of halogens is 2. The van der Waals surface area contributed by atoms with Gasteiger partial charge >= 0.3 is 0 Å². The molecule has 0 fully saturated rings. The maximum Gasteiger partial charge on any atom is 0.265 e. The van der Waals surface area contributed by atoms with Crippen LogP contribution in [0.5, 0.6) is 0 Å². The number of thiophene rings is 1. The van der Waals surface area contributed by atoms with Crippen LogP contribution in [-0.4, -0.2) is 15.7 Å². The fraction of sp³-hybridized carbons (Fsp3) is 0.0526. The first-order chi connectivity index (χ1) is 12.6. The molecule has 2 heterocycles. The van der Waals surface area contributed by atoms with E-state index in [2.05, 4.69) is 72.6 Å². The van der Waals surface area contributed by atoms with Crippen molar-refractivity contribution >= 4 is 65.6 Å². The van der Waals surface area contributed by atoms with Gasteiger partial charge in [0.05, 0.1) is 27.1 Å². The van der Waals surface area contributed by atoms with Crippen molar-refractivity contribution in [2.45, 2.75) is 6.54 Å². The van der Waals surface area contributed by atoms with Crippen LogP contribution in [0.1, 0.15) is 15.2 Å². The fourth-order valence-corrected chi connectivity index (χ4v) is 4.70. The monoisotopic (exact) mass is 489 g/mol. The number of nitrogens with one attached hydrogen (secondary N) is 1. The van der Waals surface area contributed by atoms with Gasteiger partial charge < -0.3 is 5.32 Å². The summed E-state index contributed by atoms with van der Waals surface area (Å²) >= 11 is 8.19. The van der Waals surface area contributed by atoms with Crippen molar-refractivity contribution in [3.05, 3.63) is 79.6 Å². The van der Waals surface area contributed by atoms with Crippen LogP contribution in [0.15, 0.2) is 69.2 Å². The van der Waals surface area contributed by atoms with Gasteiger partial charge in [-0.1, -0.05) is 42.5 Å². The minimum atomic E-state index is -0.147. The molecular formula is C19H13Br2N3OS. The minimum absolute atomic E-state index is 0.147. The quantitative estimate of drug-likeness (QED) is 0.385. The lowest BCUT2D eigenvalue weighted by Crippen LogP contribution is -2.09. The predicted molar refractivity (Wildman–Crippen MR) is 113 cm³/mol. The Kier molecular flexibility index (Phi) is 4.93. The van der Waals surface area contributed by atoms with Crippen molar-refractivity contribution in [2.75, 3.05) is 5.32 Å². The molecule has 0 spiro atoms. The zero-order valence-electron chi connectivity index (χ0n) is 13.4. The fourth-order valence-electron chi connectivity index (χ4n) is 2.77. The molecule has 2 aromatic heterocycles. The molecular weight excluding hydrogens is 478 g/mol. The van der Waals surface area contributed by atoms with Gasteiger partial charge in [0, 0.05) is 10.7 Å². The Hall–Kier alpha value is -1.96. The van der Waals surface area contributed by atoms with E-state index in [0.29, 0.717) is 17.1 Å². The third-order valence-corrected chi connectivity index (χ3v) is 7.23. The molecule has 0 saturated heterocycles. The zero-order valence-corrected chi connectivity index (χ0v) is 17.4. The molecule has 0 atom stereocenters. The van der Waals surface area contributed by atoms with Crippen LogP contribution in [0.2, 0.25) is 0 Å². The van der Waals surface area contributed by atoms with Crippen LogP contribution < -0.4 is 5.32 Å². The Balaban J connectivity index is 1.52. The van der Waals surface area contributed by atoms with E-state index in [0.717, 1.165) is 8.26 Å². The van der Waals surface area contributed by atoms with Gasteiger partial charge in [0.15, 0.2) is 0 Å². The topological polar surface area (TPSA) is 46.9 Å². The standard InChI is InChI=1S/C19H13Br2N3OS/c20-16-8-17(26-18(16)21)19(25)23-14-9-22-24(11-14)10-13-6-3-5-12-4-1-2-7-15(12)13/h1-9,11H,10H2,(H,23,25). The van der Waals surface area contributed by atoms with Gasteiger partial charge in [-0.2, -0.15) is 5.10 Å². The van der Waals surface area contributed by atoms with E-state index in [1.807, 2.05) is 23.0 Å². The number of aromatic nitrogens is 2. The van der Waals surface area contributed by atoms with E-state index in [4.69, 9.17) is 0 Å². The van der Waals surface area contributed by atoms with Crippen molar-refractivity contribution in [3.63, 3.8) is 0 Å². The molecule has 1 amide bonds. The molecule has 7 heteroatoms. The second kappa shape index (κ2) is 7.34. The molecule has 4 nitrogen and oxygen atoms in total. The summed E-state index contributed by atoms with van der Waals surface area (Å²) in [4.78, 5) is 13.0. The van der Waals surface area contributed by atoms with Crippen molar-refractivity contribution in [1.29, 1.82) is 0 Å². The van der Waals surface area contributed by atoms with E-state index < -0.39 is 0 Å². The number of hydrogen-bond acceptors (Lipinski definition) is 3. The first-order valence-corrected chi connectivity index (χ1v) is 10.3. The molecule has 0 saturated carbocycles. The lowest BCUT2D eigenvalue weighted by atomic mass is 10.0. The molecule has 0 aliphatic heterocycles. The van der Waals surface area contributed by atoms with E-state index in [9.17, 15) is 4.79 Å². The number of carbonyl (C=O) groups is 1. The summed E-state index contributed by atoms with van der Waals surface area (Å²) in [5.74, 6) is -0.147. The molecule has 4 aromatic rings. The van der Waals surface area contributed by atoms with Gasteiger partial charge in [0.1, 0.15) is 0 Å². The maximum absolute atomic E-state index is 12.3. The van der Waals surface area contributed by atoms with Crippen LogP contribution in [0.25, 0.3) is 10.8 Å². The number of rotatable bonds is 4. The highest BCUT2D eigenvalue weighted by Crippen LogP contribution is 2.32. The molecule has 0 unspecified atom stereocenters. The van der Waals surface area contributed by atoms with E-state index >= 15 is 0 Å². The third-order valence-electron chi connectivity index (χ3n) is 3.97. The molecule has 0 aliphatic rings. The number of benzene rings is 2. The zero-order chi connectivity index (χ0) is 18.1. The highest BCUT2D eigenvalue weighted by atomic mass is 79.9. The van der Waals surface area contributed by atoms with Gasteiger partial charge in [-0.05, 0) is 54.3 Å². The molecule has 2 aromatic carbocycles. The van der Waals surface area contributed by atoms with Crippen LogP contribution in [0.3, 0.4) is 0 Å². The predicted octanol–water partition coefficient (Wildman–Crippen LogP) is 5.92. The third kappa shape index (κ3) is 3.60. The van der Waals surface area contributed by atoms with Crippen LogP contribution >= 0.6 is 43.2 Å². The second-order valence-electron chi connectivity index (χ2n) is 5.75. The summed E-state index contributed by atoms with van der Waals surface area (Å²) in [6.45, 7) is 0.646. The highest BCUT2D eigenvalue weighted by molar-refractivity contribution is 9.13. The van der Waals surface area contributed by atoms with Gasteiger partial charge in [-0.15, -0.1) is 11.3 Å². The SMILES string of the molecule is O=C(Nc1cnn(Cc2cccc3ccccc23)c1)c1cc(Br)c(Br)s1. The van der Waals surface area contributed by atoms with Crippen molar-refractivity contribution in [1.82, 2.24) is 9.78 Å². The first-order valence-electron chi connectivity index (χ1n) is 7.85. The lowest BCUT2D eigenvalue weighted by Gasteiger charge is -2.06. The Morgan fingerprint density at radius 1 is 1.15 bits per heavy atom. The summed E-state index contributed by atoms with van der Waals surface area (Å²) in [5.41, 5.74) is 1.87. The molecule has 0 aliphatic carbocycles. The van der Waals surface area contributed by atoms with Crippen molar-refractivity contribution < 1.29 is 4.79 Å². The number of hydrogen-bond donors (Lipinski definition) is 1. The van der Waals surface area contributed by atoms with Crippen molar-refractivity contribution in [3.8, 4) is 0 Å². The molecule has 130 valence electrons. The summed E-state index contributed by atoms with van der Waals surface area (Å²) in [6, 6.07) is 16.3. The Morgan fingerprint density at radius 2 is 1.96 bits per heavy atom. The van der Waals surface area contributed by atoms with Gasteiger partial charge in [0.2, 0.25) is 0 Å². The molecule has 0 bridgehead atoms. The summed E-state index contributed by atoms with van der Waals surface area (Å²) in [6.07, 6.45) is 3.51. The van der Waals surface area contributed by atoms with Gasteiger partial charge in [0.25, 0.3) is 5.91 Å². The summed E-state index contributed by atoms with van der Waals surface area (Å²) in [5, 5.41) is 9.68. The van der Waals surface area contributed by atoms with Crippen LogP contribution in [-0.2, 0) is 6.54 Å². The van der Waals surface area contributed by atoms with E-state index in [-0.39, 0.29) is 5.91 Å². The highest BCUT2D eigenvalue weighted by Gasteiger charge is 2.13. The molecule has 4 rings (SSSR count). The number of nitrogens with zero attached hydrogens (tertiary/aromatic N) is 2. The molecule has 0 radical (unpaired) electrons. The average Bonchev–Trinajstić information content (AvgIpc) is 3.22. The smallest absolute Gasteiger partial charge is 0.265 e. The normalized spacial score (nSPS) is 11.0. The number of amides is 1.